The number of carbonyl (C=O) groups is 1. The third kappa shape index (κ3) is 4.07. The molecule has 0 radical (unpaired) electrons. The molecule has 132 valence electrons. The molecule has 0 aliphatic heterocycles. The number of amides is 1. The second-order valence-corrected chi connectivity index (χ2v) is 5.41. The lowest BCUT2D eigenvalue weighted by Crippen LogP contribution is -2.34. The van der Waals surface area contributed by atoms with Gasteiger partial charge in [-0.1, -0.05) is 30.3 Å². The Morgan fingerprint density at radius 2 is 1.77 bits per heavy atom. The van der Waals surface area contributed by atoms with Gasteiger partial charge in [-0.05, 0) is 30.3 Å². The highest BCUT2D eigenvalue weighted by atomic mass is 16.6. The molecule has 0 spiro atoms. The van der Waals surface area contributed by atoms with Crippen LogP contribution in [0.4, 0.5) is 11.4 Å². The summed E-state index contributed by atoms with van der Waals surface area (Å²) in [6, 6.07) is 18.5. The lowest BCUT2D eigenvalue weighted by Gasteiger charge is -2.22. The van der Waals surface area contributed by atoms with Crippen LogP contribution in [0.15, 0.2) is 77.4 Å². The van der Waals surface area contributed by atoms with Crippen LogP contribution in [-0.2, 0) is 11.3 Å². The number of anilines is 1. The molecular weight excluding hydrogens is 336 g/mol. The summed E-state index contributed by atoms with van der Waals surface area (Å²) in [6.45, 7) is -0.101. The van der Waals surface area contributed by atoms with Crippen molar-refractivity contribution in [2.45, 2.75) is 6.54 Å². The predicted octanol–water partition coefficient (Wildman–Crippen LogP) is 3.80. The molecule has 0 fully saturated rings. The number of nitro groups is 1. The average Bonchev–Trinajstić information content (AvgIpc) is 3.18. The Hall–Kier alpha value is -3.61. The highest BCUT2D eigenvalue weighted by Crippen LogP contribution is 2.26. The van der Waals surface area contributed by atoms with E-state index in [4.69, 9.17) is 9.15 Å². The minimum absolute atomic E-state index is 0.0526. The van der Waals surface area contributed by atoms with Gasteiger partial charge in [0, 0.05) is 11.8 Å². The third-order valence-electron chi connectivity index (χ3n) is 3.68. The van der Waals surface area contributed by atoms with E-state index in [1.54, 1.807) is 36.4 Å². The first-order valence-electron chi connectivity index (χ1n) is 7.89. The number of nitro benzene ring substituents is 1. The maximum Gasteiger partial charge on any atom is 0.310 e. The Bertz CT molecular complexity index is 878. The first-order chi connectivity index (χ1) is 12.6. The van der Waals surface area contributed by atoms with Gasteiger partial charge >= 0.3 is 5.69 Å². The second-order valence-electron chi connectivity index (χ2n) is 5.41. The molecule has 3 rings (SSSR count). The fraction of sp³-hybridized carbons (Fsp3) is 0.105. The van der Waals surface area contributed by atoms with Crippen LogP contribution in [0, 0.1) is 10.1 Å². The molecule has 0 atom stereocenters. The Kier molecular flexibility index (Phi) is 5.28. The van der Waals surface area contributed by atoms with Crippen LogP contribution in [0.1, 0.15) is 5.76 Å². The maximum atomic E-state index is 12.7. The highest BCUT2D eigenvalue weighted by Gasteiger charge is 2.20. The predicted molar refractivity (Wildman–Crippen MR) is 94.9 cm³/mol. The van der Waals surface area contributed by atoms with Crippen molar-refractivity contribution in [2.24, 2.45) is 0 Å². The van der Waals surface area contributed by atoms with Gasteiger partial charge in [0.1, 0.15) is 5.76 Å². The van der Waals surface area contributed by atoms with E-state index in [9.17, 15) is 14.9 Å². The number of para-hydroxylation sites is 3. The number of nitrogens with zero attached hydrogens (tertiary/aromatic N) is 2. The van der Waals surface area contributed by atoms with E-state index in [-0.39, 0.29) is 30.5 Å². The van der Waals surface area contributed by atoms with Crippen molar-refractivity contribution in [2.75, 3.05) is 11.5 Å². The van der Waals surface area contributed by atoms with E-state index >= 15 is 0 Å². The molecule has 2 aromatic carbocycles. The van der Waals surface area contributed by atoms with Gasteiger partial charge in [0.2, 0.25) is 0 Å². The number of benzene rings is 2. The average molecular weight is 352 g/mol. The van der Waals surface area contributed by atoms with Crippen molar-refractivity contribution < 1.29 is 18.9 Å². The fourth-order valence-corrected chi connectivity index (χ4v) is 2.44. The van der Waals surface area contributed by atoms with Crippen molar-refractivity contribution in [3.63, 3.8) is 0 Å². The van der Waals surface area contributed by atoms with E-state index < -0.39 is 4.92 Å². The van der Waals surface area contributed by atoms with Gasteiger partial charge in [-0.15, -0.1) is 0 Å². The monoisotopic (exact) mass is 352 g/mol. The molecule has 1 heterocycles. The number of furan rings is 1. The lowest BCUT2D eigenvalue weighted by molar-refractivity contribution is -0.385. The quantitative estimate of drug-likeness (QED) is 0.477. The molecule has 0 saturated carbocycles. The SMILES string of the molecule is O=C(COc1ccccc1[N+](=O)[O-])N(Cc1ccco1)c1ccccc1. The second kappa shape index (κ2) is 7.98. The molecule has 26 heavy (non-hydrogen) atoms. The standard InChI is InChI=1S/C19H16N2O5/c22-19(14-26-18-11-5-4-10-17(18)21(23)24)20(13-16-9-6-12-25-16)15-7-2-1-3-8-15/h1-12H,13-14H2. The van der Waals surface area contributed by atoms with Crippen molar-refractivity contribution in [3.8, 4) is 5.75 Å². The molecule has 0 unspecified atom stereocenters. The Morgan fingerprint density at radius 1 is 1.04 bits per heavy atom. The van der Waals surface area contributed by atoms with Gasteiger partial charge in [0.15, 0.2) is 12.4 Å². The summed E-state index contributed by atoms with van der Waals surface area (Å²) < 4.78 is 10.7. The van der Waals surface area contributed by atoms with Crippen molar-refractivity contribution >= 4 is 17.3 Å². The number of rotatable bonds is 7. The first-order valence-corrected chi connectivity index (χ1v) is 7.89. The summed E-state index contributed by atoms with van der Waals surface area (Å²) in [5, 5.41) is 11.1. The Morgan fingerprint density at radius 3 is 2.46 bits per heavy atom. The number of hydrogen-bond acceptors (Lipinski definition) is 5. The van der Waals surface area contributed by atoms with Gasteiger partial charge in [-0.3, -0.25) is 14.9 Å². The summed E-state index contributed by atoms with van der Waals surface area (Å²) in [5.74, 6) is 0.329. The normalized spacial score (nSPS) is 10.3. The van der Waals surface area contributed by atoms with Crippen LogP contribution in [0.25, 0.3) is 0 Å². The zero-order valence-electron chi connectivity index (χ0n) is 13.8. The van der Waals surface area contributed by atoms with E-state index in [0.717, 1.165) is 0 Å². The van der Waals surface area contributed by atoms with Crippen LogP contribution >= 0.6 is 0 Å². The summed E-state index contributed by atoms with van der Waals surface area (Å²) in [5.41, 5.74) is 0.498. The molecule has 0 bridgehead atoms. The molecule has 3 aromatic rings. The summed E-state index contributed by atoms with van der Waals surface area (Å²) in [6.07, 6.45) is 1.53. The van der Waals surface area contributed by atoms with Crippen molar-refractivity contribution in [1.82, 2.24) is 0 Å². The molecule has 0 aliphatic rings. The lowest BCUT2D eigenvalue weighted by atomic mass is 10.2. The minimum atomic E-state index is -0.544. The van der Waals surface area contributed by atoms with E-state index in [2.05, 4.69) is 0 Å². The first kappa shape index (κ1) is 17.2. The topological polar surface area (TPSA) is 85.8 Å². The third-order valence-corrected chi connectivity index (χ3v) is 3.68. The Balaban J connectivity index is 1.77. The van der Waals surface area contributed by atoms with E-state index in [0.29, 0.717) is 11.4 Å². The van der Waals surface area contributed by atoms with Crippen molar-refractivity contribution in [1.29, 1.82) is 0 Å². The molecule has 0 N–H and O–H groups in total. The van der Waals surface area contributed by atoms with Crippen LogP contribution in [-0.4, -0.2) is 17.4 Å². The van der Waals surface area contributed by atoms with Gasteiger partial charge in [0.25, 0.3) is 5.91 Å². The van der Waals surface area contributed by atoms with Crippen molar-refractivity contribution in [3.05, 3.63) is 88.9 Å². The van der Waals surface area contributed by atoms with Gasteiger partial charge in [0.05, 0.1) is 17.7 Å². The molecule has 7 heteroatoms. The zero-order chi connectivity index (χ0) is 18.4. The van der Waals surface area contributed by atoms with E-state index in [1.165, 1.54) is 23.3 Å². The number of hydrogen-bond donors (Lipinski definition) is 0. The van der Waals surface area contributed by atoms with Gasteiger partial charge in [-0.2, -0.15) is 0 Å². The number of ether oxygens (including phenoxy) is 1. The molecule has 1 amide bonds. The van der Waals surface area contributed by atoms with Crippen LogP contribution in [0.2, 0.25) is 0 Å². The van der Waals surface area contributed by atoms with Gasteiger partial charge < -0.3 is 14.1 Å². The summed E-state index contributed by atoms with van der Waals surface area (Å²) in [4.78, 5) is 24.7. The zero-order valence-corrected chi connectivity index (χ0v) is 13.8. The van der Waals surface area contributed by atoms with Crippen LogP contribution in [0.5, 0.6) is 5.75 Å². The van der Waals surface area contributed by atoms with Crippen LogP contribution in [0.3, 0.4) is 0 Å². The fourth-order valence-electron chi connectivity index (χ4n) is 2.44. The maximum absolute atomic E-state index is 12.7. The van der Waals surface area contributed by atoms with Gasteiger partial charge in [-0.25, -0.2) is 0 Å². The number of carbonyl (C=O) groups excluding carboxylic acids is 1. The summed E-state index contributed by atoms with van der Waals surface area (Å²) >= 11 is 0. The molecule has 1 aromatic heterocycles. The molecule has 0 aliphatic carbocycles. The smallest absolute Gasteiger partial charge is 0.310 e. The van der Waals surface area contributed by atoms with Crippen LogP contribution < -0.4 is 9.64 Å². The molecular formula is C19H16N2O5. The van der Waals surface area contributed by atoms with E-state index in [1.807, 2.05) is 18.2 Å². The molecule has 0 saturated heterocycles. The minimum Gasteiger partial charge on any atom is -0.477 e. The molecule has 7 nitrogen and oxygen atoms in total. The largest absolute Gasteiger partial charge is 0.477 e. The highest BCUT2D eigenvalue weighted by molar-refractivity contribution is 5.94. The summed E-state index contributed by atoms with van der Waals surface area (Å²) in [7, 11) is 0. The Labute approximate surface area is 149 Å².